The minimum atomic E-state index is -0.401. The standard InChI is InChI=1S/2C10H10ClFN2/c1-6(2)14-9-4-3-8(12)10(11)7(9)5-13-14;1-6(2)14-10-7(5-13-14)3-4-8(12)9(10)11/h2*3-6H,1-2H3. The zero-order valence-corrected chi connectivity index (χ0v) is 17.4. The van der Waals surface area contributed by atoms with Crippen LogP contribution in [0.25, 0.3) is 21.8 Å². The fourth-order valence-corrected chi connectivity index (χ4v) is 3.41. The monoisotopic (exact) mass is 424 g/mol. The molecule has 0 aliphatic heterocycles. The first-order chi connectivity index (χ1) is 13.2. The summed E-state index contributed by atoms with van der Waals surface area (Å²) in [6.45, 7) is 7.99. The van der Waals surface area contributed by atoms with Crippen molar-refractivity contribution < 1.29 is 8.78 Å². The van der Waals surface area contributed by atoms with Gasteiger partial charge in [-0.25, -0.2) is 8.78 Å². The Morgan fingerprint density at radius 2 is 1.36 bits per heavy atom. The molecule has 0 amide bonds. The molecule has 8 heteroatoms. The number of hydrogen-bond donors (Lipinski definition) is 0. The predicted molar refractivity (Wildman–Crippen MR) is 110 cm³/mol. The topological polar surface area (TPSA) is 35.6 Å². The van der Waals surface area contributed by atoms with Crippen molar-refractivity contribution in [2.75, 3.05) is 0 Å². The third-order valence-electron chi connectivity index (χ3n) is 4.30. The summed E-state index contributed by atoms with van der Waals surface area (Å²) >= 11 is 11.7. The lowest BCUT2D eigenvalue weighted by atomic mass is 10.2. The molecule has 2 aromatic carbocycles. The van der Waals surface area contributed by atoms with Crippen molar-refractivity contribution >= 4 is 45.0 Å². The van der Waals surface area contributed by atoms with Crippen LogP contribution in [0.2, 0.25) is 10.0 Å². The summed E-state index contributed by atoms with van der Waals surface area (Å²) in [6, 6.07) is 6.52. The number of halogens is 4. The Balaban J connectivity index is 0.000000161. The number of aromatic nitrogens is 4. The van der Waals surface area contributed by atoms with Crippen molar-refractivity contribution in [3.63, 3.8) is 0 Å². The average Bonchev–Trinajstić information content (AvgIpc) is 3.27. The molecule has 0 bridgehead atoms. The molecule has 4 rings (SSSR count). The van der Waals surface area contributed by atoms with Gasteiger partial charge in [-0.3, -0.25) is 9.36 Å². The van der Waals surface area contributed by atoms with Crippen LogP contribution in [0.4, 0.5) is 8.78 Å². The van der Waals surface area contributed by atoms with Crippen LogP contribution in [0.15, 0.2) is 36.7 Å². The Bertz CT molecular complexity index is 1130. The molecule has 0 aliphatic rings. The van der Waals surface area contributed by atoms with Crippen LogP contribution in [-0.2, 0) is 0 Å². The van der Waals surface area contributed by atoms with E-state index in [1.54, 1.807) is 29.2 Å². The van der Waals surface area contributed by atoms with Crippen LogP contribution < -0.4 is 0 Å². The summed E-state index contributed by atoms with van der Waals surface area (Å²) in [5, 5.41) is 10.2. The Morgan fingerprint density at radius 3 is 2.00 bits per heavy atom. The number of nitrogens with zero attached hydrogens (tertiary/aromatic N) is 4. The summed E-state index contributed by atoms with van der Waals surface area (Å²) in [5.74, 6) is -0.802. The molecule has 0 spiro atoms. The van der Waals surface area contributed by atoms with Gasteiger partial charge in [-0.15, -0.1) is 0 Å². The van der Waals surface area contributed by atoms with Crippen LogP contribution in [0.1, 0.15) is 39.8 Å². The Morgan fingerprint density at radius 1 is 0.786 bits per heavy atom. The van der Waals surface area contributed by atoms with E-state index in [1.807, 2.05) is 32.4 Å². The molecule has 4 nitrogen and oxygen atoms in total. The van der Waals surface area contributed by atoms with Gasteiger partial charge in [0.2, 0.25) is 0 Å². The van der Waals surface area contributed by atoms with Crippen LogP contribution in [-0.4, -0.2) is 19.6 Å². The number of fused-ring (bicyclic) bond motifs is 2. The van der Waals surface area contributed by atoms with E-state index in [0.29, 0.717) is 10.9 Å². The quantitative estimate of drug-likeness (QED) is 0.353. The van der Waals surface area contributed by atoms with E-state index in [1.165, 1.54) is 12.1 Å². The maximum Gasteiger partial charge on any atom is 0.144 e. The molecule has 148 valence electrons. The maximum absolute atomic E-state index is 13.2. The highest BCUT2D eigenvalue weighted by Gasteiger charge is 2.13. The van der Waals surface area contributed by atoms with E-state index >= 15 is 0 Å². The highest BCUT2D eigenvalue weighted by molar-refractivity contribution is 6.35. The highest BCUT2D eigenvalue weighted by Crippen LogP contribution is 2.28. The fourth-order valence-electron chi connectivity index (χ4n) is 2.94. The maximum atomic E-state index is 13.2. The first kappa shape index (κ1) is 20.6. The van der Waals surface area contributed by atoms with Gasteiger partial charge < -0.3 is 0 Å². The Hall–Kier alpha value is -2.18. The number of hydrogen-bond acceptors (Lipinski definition) is 2. The summed E-state index contributed by atoms with van der Waals surface area (Å²) in [6.07, 6.45) is 3.29. The second-order valence-corrected chi connectivity index (χ2v) is 7.72. The lowest BCUT2D eigenvalue weighted by Gasteiger charge is -2.08. The lowest BCUT2D eigenvalue weighted by molar-refractivity contribution is 0.549. The second-order valence-electron chi connectivity index (χ2n) is 6.96. The molecule has 4 aromatic rings. The molecule has 0 radical (unpaired) electrons. The van der Waals surface area contributed by atoms with Crippen molar-refractivity contribution in [2.45, 2.75) is 39.8 Å². The normalized spacial score (nSPS) is 11.5. The second kappa shape index (κ2) is 8.05. The zero-order chi connectivity index (χ0) is 20.6. The van der Waals surface area contributed by atoms with Crippen molar-refractivity contribution in [2.24, 2.45) is 0 Å². The number of benzene rings is 2. The van der Waals surface area contributed by atoms with Gasteiger partial charge in [0.1, 0.15) is 16.7 Å². The average molecular weight is 425 g/mol. The van der Waals surface area contributed by atoms with Gasteiger partial charge in [-0.1, -0.05) is 23.2 Å². The summed E-state index contributed by atoms with van der Waals surface area (Å²) in [4.78, 5) is 0. The van der Waals surface area contributed by atoms with E-state index in [2.05, 4.69) is 10.2 Å². The first-order valence-electron chi connectivity index (χ1n) is 8.84. The SMILES string of the molecule is CC(C)n1ncc2c(Cl)c(F)ccc21.CC(C)n1ncc2ccc(F)c(Cl)c21. The fraction of sp³-hybridized carbons (Fsp3) is 0.300. The van der Waals surface area contributed by atoms with E-state index in [4.69, 9.17) is 23.2 Å². The van der Waals surface area contributed by atoms with Gasteiger partial charge >= 0.3 is 0 Å². The van der Waals surface area contributed by atoms with Crippen LogP contribution in [0.3, 0.4) is 0 Å². The summed E-state index contributed by atoms with van der Waals surface area (Å²) in [5.41, 5.74) is 1.54. The predicted octanol–water partition coefficient (Wildman–Crippen LogP) is 6.82. The molecule has 0 fully saturated rings. The van der Waals surface area contributed by atoms with Crippen molar-refractivity contribution in [3.8, 4) is 0 Å². The van der Waals surface area contributed by atoms with Gasteiger partial charge in [0, 0.05) is 22.9 Å². The minimum Gasteiger partial charge on any atom is -0.262 e. The van der Waals surface area contributed by atoms with Gasteiger partial charge in [0.15, 0.2) is 0 Å². The van der Waals surface area contributed by atoms with Gasteiger partial charge in [0.05, 0.1) is 28.4 Å². The van der Waals surface area contributed by atoms with E-state index in [0.717, 1.165) is 10.9 Å². The lowest BCUT2D eigenvalue weighted by Crippen LogP contribution is -2.02. The van der Waals surface area contributed by atoms with Crippen molar-refractivity contribution in [1.29, 1.82) is 0 Å². The van der Waals surface area contributed by atoms with E-state index in [9.17, 15) is 8.78 Å². The third kappa shape index (κ3) is 3.71. The molecule has 0 atom stereocenters. The van der Waals surface area contributed by atoms with Crippen LogP contribution in [0.5, 0.6) is 0 Å². The number of rotatable bonds is 2. The molecular weight excluding hydrogens is 405 g/mol. The van der Waals surface area contributed by atoms with E-state index in [-0.39, 0.29) is 22.1 Å². The van der Waals surface area contributed by atoms with Gasteiger partial charge in [0.25, 0.3) is 0 Å². The summed E-state index contributed by atoms with van der Waals surface area (Å²) < 4.78 is 29.8. The Labute approximate surface area is 171 Å². The molecular formula is C20H20Cl2F2N4. The van der Waals surface area contributed by atoms with Crippen LogP contribution in [0, 0.1) is 11.6 Å². The molecule has 0 unspecified atom stereocenters. The molecule has 0 aliphatic carbocycles. The molecule has 2 aromatic heterocycles. The largest absolute Gasteiger partial charge is 0.262 e. The van der Waals surface area contributed by atoms with Crippen LogP contribution >= 0.6 is 23.2 Å². The Kier molecular flexibility index (Phi) is 5.91. The molecule has 2 heterocycles. The van der Waals surface area contributed by atoms with Crippen molar-refractivity contribution in [1.82, 2.24) is 19.6 Å². The highest BCUT2D eigenvalue weighted by atomic mass is 35.5. The third-order valence-corrected chi connectivity index (χ3v) is 5.04. The summed E-state index contributed by atoms with van der Waals surface area (Å²) in [7, 11) is 0. The molecule has 0 N–H and O–H groups in total. The zero-order valence-electron chi connectivity index (χ0n) is 15.9. The molecule has 0 saturated carbocycles. The minimum absolute atomic E-state index is 0.147. The van der Waals surface area contributed by atoms with Crippen molar-refractivity contribution in [3.05, 3.63) is 58.3 Å². The first-order valence-corrected chi connectivity index (χ1v) is 9.60. The molecule has 28 heavy (non-hydrogen) atoms. The van der Waals surface area contributed by atoms with Gasteiger partial charge in [-0.2, -0.15) is 10.2 Å². The smallest absolute Gasteiger partial charge is 0.144 e. The molecule has 0 saturated heterocycles. The van der Waals surface area contributed by atoms with E-state index < -0.39 is 11.6 Å². The van der Waals surface area contributed by atoms with Gasteiger partial charge in [-0.05, 0) is 52.0 Å².